The fourth-order valence-electron chi connectivity index (χ4n) is 4.01. The lowest BCUT2D eigenvalue weighted by Gasteiger charge is -2.26. The molecule has 0 amide bonds. The Kier molecular flexibility index (Phi) is 6.33. The number of methoxy groups -OCH3 is 1. The number of ether oxygens (including phenoxy) is 2. The summed E-state index contributed by atoms with van der Waals surface area (Å²) in [5.74, 6) is -0.438. The summed E-state index contributed by atoms with van der Waals surface area (Å²) in [6, 6.07) is 22.6. The summed E-state index contributed by atoms with van der Waals surface area (Å²) in [4.78, 5) is 15.1. The van der Waals surface area contributed by atoms with Gasteiger partial charge in [-0.3, -0.25) is 0 Å². The number of esters is 1. The minimum Gasteiger partial charge on any atom is -0.484 e. The van der Waals surface area contributed by atoms with Crippen LogP contribution in [0.25, 0.3) is 0 Å². The molecule has 3 nitrogen and oxygen atoms in total. The molecular weight excluding hydrogens is 411 g/mol. The first-order chi connectivity index (χ1) is 15.0. The Labute approximate surface area is 185 Å². The average Bonchev–Trinajstić information content (AvgIpc) is 3.22. The van der Waals surface area contributed by atoms with Crippen LogP contribution in [0.2, 0.25) is 0 Å². The van der Waals surface area contributed by atoms with Crippen LogP contribution in [0.5, 0.6) is 5.75 Å². The van der Waals surface area contributed by atoms with Gasteiger partial charge in [-0.15, -0.1) is 0 Å². The second-order valence-electron chi connectivity index (χ2n) is 7.99. The number of benzene rings is 3. The standard InChI is InChI=1S/C26H26FO3S/c1-26(15-6-7-16-26)30-24-18-22(13-14-23(24)27)31(20-10-4-3-5-11-20)21-12-8-9-19(17-21)25(28)29-2/h3-5,8-14,17-18H,6-7,15-16H2,1-2H3/q+1. The summed E-state index contributed by atoms with van der Waals surface area (Å²) in [5.41, 5.74) is 0.167. The lowest BCUT2D eigenvalue weighted by atomic mass is 10.1. The van der Waals surface area contributed by atoms with Gasteiger partial charge < -0.3 is 9.47 Å². The highest BCUT2D eigenvalue weighted by Gasteiger charge is 2.34. The minimum atomic E-state index is -0.533. The van der Waals surface area contributed by atoms with E-state index in [4.69, 9.17) is 9.47 Å². The molecule has 0 aromatic heterocycles. The molecule has 0 aliphatic heterocycles. The molecule has 3 aromatic rings. The lowest BCUT2D eigenvalue weighted by molar-refractivity contribution is 0.0600. The van der Waals surface area contributed by atoms with Crippen molar-refractivity contribution in [2.75, 3.05) is 7.11 Å². The molecule has 1 atom stereocenters. The van der Waals surface area contributed by atoms with Gasteiger partial charge in [0.25, 0.3) is 0 Å². The van der Waals surface area contributed by atoms with Gasteiger partial charge in [-0.05, 0) is 69.0 Å². The monoisotopic (exact) mass is 437 g/mol. The van der Waals surface area contributed by atoms with Crippen LogP contribution in [-0.2, 0) is 15.6 Å². The zero-order valence-corrected chi connectivity index (χ0v) is 18.6. The van der Waals surface area contributed by atoms with E-state index < -0.39 is 10.9 Å². The lowest BCUT2D eigenvalue weighted by Crippen LogP contribution is -2.28. The number of halogens is 1. The SMILES string of the molecule is COC(=O)c1cccc([S+](c2ccccc2)c2ccc(F)c(OC3(C)CCCC3)c2)c1. The second kappa shape index (κ2) is 9.15. The van der Waals surface area contributed by atoms with E-state index in [1.165, 1.54) is 13.2 Å². The first-order valence-electron chi connectivity index (χ1n) is 10.5. The highest BCUT2D eigenvalue weighted by Crippen LogP contribution is 2.38. The van der Waals surface area contributed by atoms with Crippen LogP contribution < -0.4 is 4.74 Å². The maximum atomic E-state index is 14.7. The maximum absolute atomic E-state index is 14.7. The second-order valence-corrected chi connectivity index (χ2v) is 10.0. The first kappa shape index (κ1) is 21.4. The fraction of sp³-hybridized carbons (Fsp3) is 0.269. The summed E-state index contributed by atoms with van der Waals surface area (Å²) in [5, 5.41) is 0. The van der Waals surface area contributed by atoms with Gasteiger partial charge >= 0.3 is 5.97 Å². The van der Waals surface area contributed by atoms with Crippen molar-refractivity contribution in [3.05, 3.63) is 84.2 Å². The van der Waals surface area contributed by atoms with E-state index in [0.717, 1.165) is 40.4 Å². The van der Waals surface area contributed by atoms with Crippen LogP contribution in [-0.4, -0.2) is 18.7 Å². The third kappa shape index (κ3) is 4.77. The van der Waals surface area contributed by atoms with Gasteiger partial charge in [-0.1, -0.05) is 24.3 Å². The van der Waals surface area contributed by atoms with Crippen molar-refractivity contribution in [2.45, 2.75) is 52.9 Å². The minimum absolute atomic E-state index is 0.291. The molecule has 4 rings (SSSR count). The van der Waals surface area contributed by atoms with Crippen molar-refractivity contribution in [1.82, 2.24) is 0 Å². The summed E-state index contributed by atoms with van der Waals surface area (Å²) < 4.78 is 25.8. The first-order valence-corrected chi connectivity index (χ1v) is 11.7. The van der Waals surface area contributed by atoms with Crippen molar-refractivity contribution >= 4 is 16.9 Å². The molecule has 5 heteroatoms. The molecular formula is C26H26FO3S+. The zero-order chi connectivity index (χ0) is 21.8. The summed E-state index contributed by atoms with van der Waals surface area (Å²) >= 11 is 0. The number of carbonyl (C=O) groups excluding carboxylic acids is 1. The summed E-state index contributed by atoms with van der Waals surface area (Å²) in [7, 11) is 0.841. The van der Waals surface area contributed by atoms with Gasteiger partial charge in [-0.25, -0.2) is 9.18 Å². The van der Waals surface area contributed by atoms with Gasteiger partial charge in [0.2, 0.25) is 0 Å². The molecule has 1 unspecified atom stereocenters. The van der Waals surface area contributed by atoms with Crippen LogP contribution >= 0.6 is 0 Å². The molecule has 3 aromatic carbocycles. The van der Waals surface area contributed by atoms with E-state index in [-0.39, 0.29) is 17.4 Å². The molecule has 1 fully saturated rings. The topological polar surface area (TPSA) is 35.5 Å². The molecule has 160 valence electrons. The van der Waals surface area contributed by atoms with E-state index in [9.17, 15) is 9.18 Å². The van der Waals surface area contributed by atoms with Crippen molar-refractivity contribution in [3.8, 4) is 5.75 Å². The predicted molar refractivity (Wildman–Crippen MR) is 120 cm³/mol. The highest BCUT2D eigenvalue weighted by molar-refractivity contribution is 7.97. The van der Waals surface area contributed by atoms with Crippen LogP contribution in [0.3, 0.4) is 0 Å². The Balaban J connectivity index is 1.78. The van der Waals surface area contributed by atoms with E-state index in [1.807, 2.05) is 42.5 Å². The Morgan fingerprint density at radius 3 is 2.29 bits per heavy atom. The molecule has 1 aliphatic carbocycles. The Hall–Kier alpha value is -2.79. The molecule has 0 bridgehead atoms. The molecule has 0 spiro atoms. The smallest absolute Gasteiger partial charge is 0.338 e. The molecule has 0 N–H and O–H groups in total. The van der Waals surface area contributed by atoms with Gasteiger partial charge in [-0.2, -0.15) is 0 Å². The molecule has 0 heterocycles. The number of hydrogen-bond donors (Lipinski definition) is 0. The third-order valence-electron chi connectivity index (χ3n) is 5.63. The van der Waals surface area contributed by atoms with E-state index >= 15 is 0 Å². The normalized spacial score (nSPS) is 16.0. The number of carbonyl (C=O) groups is 1. The molecule has 0 radical (unpaired) electrons. The highest BCUT2D eigenvalue weighted by atomic mass is 32.2. The largest absolute Gasteiger partial charge is 0.484 e. The Bertz CT molecular complexity index is 1060. The maximum Gasteiger partial charge on any atom is 0.338 e. The van der Waals surface area contributed by atoms with Crippen molar-refractivity contribution in [2.24, 2.45) is 0 Å². The molecule has 1 saturated carbocycles. The van der Waals surface area contributed by atoms with Crippen LogP contribution in [0.4, 0.5) is 4.39 Å². The van der Waals surface area contributed by atoms with Crippen LogP contribution in [0.1, 0.15) is 43.0 Å². The fourth-order valence-corrected chi connectivity index (χ4v) is 6.15. The zero-order valence-electron chi connectivity index (χ0n) is 17.8. The molecule has 1 aliphatic rings. The van der Waals surface area contributed by atoms with Crippen LogP contribution in [0, 0.1) is 5.82 Å². The quantitative estimate of drug-likeness (QED) is 0.330. The number of rotatable bonds is 6. The molecule has 31 heavy (non-hydrogen) atoms. The summed E-state index contributed by atoms with van der Waals surface area (Å²) in [6.07, 6.45) is 4.07. The van der Waals surface area contributed by atoms with Gasteiger partial charge in [0, 0.05) is 12.1 Å². The van der Waals surface area contributed by atoms with Gasteiger partial charge in [0.15, 0.2) is 26.3 Å². The van der Waals surface area contributed by atoms with E-state index in [1.54, 1.807) is 12.1 Å². The van der Waals surface area contributed by atoms with Crippen molar-refractivity contribution in [3.63, 3.8) is 0 Å². The van der Waals surface area contributed by atoms with E-state index in [0.29, 0.717) is 11.3 Å². The molecule has 0 saturated heterocycles. The average molecular weight is 438 g/mol. The predicted octanol–water partition coefficient (Wildman–Crippen LogP) is 6.42. The van der Waals surface area contributed by atoms with Crippen LogP contribution in [0.15, 0.2) is 87.5 Å². The Morgan fingerprint density at radius 1 is 0.903 bits per heavy atom. The van der Waals surface area contributed by atoms with Gasteiger partial charge in [0.1, 0.15) is 5.60 Å². The number of hydrogen-bond acceptors (Lipinski definition) is 3. The Morgan fingerprint density at radius 2 is 1.58 bits per heavy atom. The summed E-state index contributed by atoms with van der Waals surface area (Å²) in [6.45, 7) is 2.06. The third-order valence-corrected chi connectivity index (χ3v) is 7.82. The van der Waals surface area contributed by atoms with Crippen molar-refractivity contribution < 1.29 is 18.7 Å². The van der Waals surface area contributed by atoms with Gasteiger partial charge in [0.05, 0.1) is 23.6 Å². The van der Waals surface area contributed by atoms with E-state index in [2.05, 4.69) is 19.1 Å². The van der Waals surface area contributed by atoms with Crippen molar-refractivity contribution in [1.29, 1.82) is 0 Å².